The molecule has 0 spiro atoms. The zero-order valence-electron chi connectivity index (χ0n) is 10.6. The average molecular weight is 361 g/mol. The summed E-state index contributed by atoms with van der Waals surface area (Å²) in [5.74, 6) is 0. The van der Waals surface area contributed by atoms with Crippen molar-refractivity contribution in [3.05, 3.63) is 45.8 Å². The van der Waals surface area contributed by atoms with Gasteiger partial charge in [-0.05, 0) is 40.0 Å². The molecule has 2 N–H and O–H groups in total. The topological polar surface area (TPSA) is 92.4 Å². The van der Waals surface area contributed by atoms with E-state index in [4.69, 9.17) is 0 Å². The molecule has 6 nitrogen and oxygen atoms in total. The van der Waals surface area contributed by atoms with Crippen LogP contribution in [0.2, 0.25) is 0 Å². The van der Waals surface area contributed by atoms with E-state index in [-0.39, 0.29) is 18.0 Å². The number of sulfonamides is 1. The Balaban J connectivity index is 2.31. The molecule has 8 heteroatoms. The number of nitrogens with one attached hydrogen (secondary N) is 1. The second kappa shape index (κ2) is 6.04. The van der Waals surface area contributed by atoms with Crippen LogP contribution in [0.4, 0.5) is 0 Å². The first kappa shape index (κ1) is 15.2. The van der Waals surface area contributed by atoms with Crippen LogP contribution < -0.4 is 4.72 Å². The van der Waals surface area contributed by atoms with Crippen LogP contribution in [0.3, 0.4) is 0 Å². The minimum Gasteiger partial charge on any atom is -0.392 e. The van der Waals surface area contributed by atoms with Crippen molar-refractivity contribution >= 4 is 26.0 Å². The van der Waals surface area contributed by atoms with Crippen molar-refractivity contribution in [2.24, 2.45) is 0 Å². The molecule has 0 aliphatic carbocycles. The van der Waals surface area contributed by atoms with E-state index in [1.807, 2.05) is 0 Å². The van der Waals surface area contributed by atoms with Gasteiger partial charge in [-0.1, -0.05) is 11.2 Å². The van der Waals surface area contributed by atoms with Gasteiger partial charge in [0.25, 0.3) is 0 Å². The molecule has 0 fully saturated rings. The zero-order valence-corrected chi connectivity index (χ0v) is 13.0. The van der Waals surface area contributed by atoms with Gasteiger partial charge in [0.15, 0.2) is 0 Å². The lowest BCUT2D eigenvalue weighted by Crippen LogP contribution is -2.24. The molecule has 1 heterocycles. The Bertz CT molecular complexity index is 698. The van der Waals surface area contributed by atoms with E-state index < -0.39 is 10.0 Å². The van der Waals surface area contributed by atoms with E-state index in [1.54, 1.807) is 19.1 Å². The van der Waals surface area contributed by atoms with Crippen LogP contribution in [0.15, 0.2) is 38.4 Å². The summed E-state index contributed by atoms with van der Waals surface area (Å²) >= 11 is 3.26. The lowest BCUT2D eigenvalue weighted by molar-refractivity contribution is 0.281. The Kier molecular flexibility index (Phi) is 4.59. The standard InChI is InChI=1S/C12H13BrN2O4S/c1-8-4-9(7-16)5-11(12(8)13)20(17,18)14-6-10-2-3-19-15-10/h2-5,14,16H,6-7H2,1H3. The maximum absolute atomic E-state index is 12.3. The maximum Gasteiger partial charge on any atom is 0.242 e. The maximum atomic E-state index is 12.3. The Morgan fingerprint density at radius 3 is 2.80 bits per heavy atom. The number of aliphatic hydroxyl groups excluding tert-OH is 1. The molecule has 0 saturated carbocycles. The van der Waals surface area contributed by atoms with Gasteiger partial charge in [-0.2, -0.15) is 0 Å². The monoisotopic (exact) mass is 360 g/mol. The molecule has 0 aliphatic heterocycles. The third kappa shape index (κ3) is 3.26. The first-order valence-corrected chi connectivity index (χ1v) is 8.00. The third-order valence-corrected chi connectivity index (χ3v) is 5.43. The zero-order chi connectivity index (χ0) is 14.8. The fraction of sp³-hybridized carbons (Fsp3) is 0.250. The number of aromatic nitrogens is 1. The molecule has 0 amide bonds. The second-order valence-corrected chi connectivity index (χ2v) is 6.73. The summed E-state index contributed by atoms with van der Waals surface area (Å²) in [6.07, 6.45) is 1.37. The SMILES string of the molecule is Cc1cc(CO)cc(S(=O)(=O)NCc2ccon2)c1Br. The highest BCUT2D eigenvalue weighted by Gasteiger charge is 2.20. The van der Waals surface area contributed by atoms with Gasteiger partial charge in [-0.15, -0.1) is 0 Å². The van der Waals surface area contributed by atoms with E-state index in [1.165, 1.54) is 12.3 Å². The number of nitrogens with zero attached hydrogens (tertiary/aromatic N) is 1. The molecule has 0 bridgehead atoms. The van der Waals surface area contributed by atoms with Gasteiger partial charge < -0.3 is 9.63 Å². The van der Waals surface area contributed by atoms with Gasteiger partial charge in [0, 0.05) is 10.5 Å². The van der Waals surface area contributed by atoms with Gasteiger partial charge in [-0.25, -0.2) is 13.1 Å². The minimum atomic E-state index is -3.71. The van der Waals surface area contributed by atoms with Gasteiger partial charge in [-0.3, -0.25) is 0 Å². The van der Waals surface area contributed by atoms with E-state index in [0.717, 1.165) is 5.56 Å². The van der Waals surface area contributed by atoms with Crippen LogP contribution in [-0.2, 0) is 23.2 Å². The first-order chi connectivity index (χ1) is 9.44. The molecule has 0 unspecified atom stereocenters. The van der Waals surface area contributed by atoms with E-state index in [2.05, 4.69) is 30.3 Å². The molecule has 0 radical (unpaired) electrons. The molecular formula is C12H13BrN2O4S. The molecule has 0 saturated heterocycles. The summed E-state index contributed by atoms with van der Waals surface area (Å²) in [6.45, 7) is 1.58. The van der Waals surface area contributed by atoms with Gasteiger partial charge in [0.1, 0.15) is 6.26 Å². The van der Waals surface area contributed by atoms with Gasteiger partial charge in [0.2, 0.25) is 10.0 Å². The van der Waals surface area contributed by atoms with Crippen LogP contribution in [0.25, 0.3) is 0 Å². The summed E-state index contributed by atoms with van der Waals surface area (Å²) in [5, 5.41) is 12.8. The van der Waals surface area contributed by atoms with Crippen LogP contribution in [0, 0.1) is 6.92 Å². The molecule has 2 rings (SSSR count). The highest BCUT2D eigenvalue weighted by atomic mass is 79.9. The predicted octanol–water partition coefficient (Wildman–Crippen LogP) is 1.72. The Morgan fingerprint density at radius 1 is 1.45 bits per heavy atom. The number of rotatable bonds is 5. The van der Waals surface area contributed by atoms with Crippen molar-refractivity contribution in [1.29, 1.82) is 0 Å². The molecule has 108 valence electrons. The molecule has 0 aliphatic rings. The van der Waals surface area contributed by atoms with E-state index >= 15 is 0 Å². The molecule has 1 aromatic carbocycles. The summed E-state index contributed by atoms with van der Waals surface area (Å²) < 4.78 is 32.1. The Morgan fingerprint density at radius 2 is 2.20 bits per heavy atom. The van der Waals surface area contributed by atoms with Crippen molar-refractivity contribution in [3.63, 3.8) is 0 Å². The van der Waals surface area contributed by atoms with Crippen LogP contribution >= 0.6 is 15.9 Å². The predicted molar refractivity (Wildman–Crippen MR) is 75.3 cm³/mol. The lowest BCUT2D eigenvalue weighted by Gasteiger charge is -2.11. The highest BCUT2D eigenvalue weighted by molar-refractivity contribution is 9.10. The average Bonchev–Trinajstić information content (AvgIpc) is 2.92. The van der Waals surface area contributed by atoms with Crippen LogP contribution in [-0.4, -0.2) is 18.7 Å². The molecule has 20 heavy (non-hydrogen) atoms. The second-order valence-electron chi connectivity index (χ2n) is 4.20. The van der Waals surface area contributed by atoms with Crippen LogP contribution in [0.5, 0.6) is 0 Å². The number of hydrogen-bond acceptors (Lipinski definition) is 5. The van der Waals surface area contributed by atoms with E-state index in [9.17, 15) is 13.5 Å². The fourth-order valence-electron chi connectivity index (χ4n) is 1.67. The molecular weight excluding hydrogens is 348 g/mol. The quantitative estimate of drug-likeness (QED) is 0.846. The third-order valence-electron chi connectivity index (χ3n) is 2.69. The number of aliphatic hydroxyl groups is 1. The van der Waals surface area contributed by atoms with Gasteiger partial charge in [0.05, 0.1) is 23.7 Å². The molecule has 1 aromatic heterocycles. The number of halogens is 1. The fourth-order valence-corrected chi connectivity index (χ4v) is 3.74. The minimum absolute atomic E-state index is 0.0354. The van der Waals surface area contributed by atoms with Crippen molar-refractivity contribution < 1.29 is 18.0 Å². The van der Waals surface area contributed by atoms with Crippen molar-refractivity contribution in [3.8, 4) is 0 Å². The first-order valence-electron chi connectivity index (χ1n) is 5.73. The number of benzene rings is 1. The summed E-state index contributed by atoms with van der Waals surface area (Å²) in [6, 6.07) is 4.73. The van der Waals surface area contributed by atoms with Crippen molar-refractivity contribution in [2.75, 3.05) is 0 Å². The van der Waals surface area contributed by atoms with Crippen molar-refractivity contribution in [2.45, 2.75) is 25.0 Å². The van der Waals surface area contributed by atoms with Gasteiger partial charge >= 0.3 is 0 Å². The molecule has 2 aromatic rings. The summed E-state index contributed by atoms with van der Waals surface area (Å²) in [4.78, 5) is 0.0880. The smallest absolute Gasteiger partial charge is 0.242 e. The number of aryl methyl sites for hydroxylation is 1. The van der Waals surface area contributed by atoms with E-state index in [0.29, 0.717) is 15.7 Å². The highest BCUT2D eigenvalue weighted by Crippen LogP contribution is 2.27. The number of hydrogen-bond donors (Lipinski definition) is 2. The summed E-state index contributed by atoms with van der Waals surface area (Å²) in [7, 11) is -3.71. The van der Waals surface area contributed by atoms with Crippen LogP contribution in [0.1, 0.15) is 16.8 Å². The largest absolute Gasteiger partial charge is 0.392 e. The Hall–Kier alpha value is -1.22. The Labute approximate surface area is 125 Å². The normalized spacial score (nSPS) is 11.8. The molecule has 0 atom stereocenters. The lowest BCUT2D eigenvalue weighted by atomic mass is 10.1. The summed E-state index contributed by atoms with van der Waals surface area (Å²) in [5.41, 5.74) is 1.76. The van der Waals surface area contributed by atoms with Crippen molar-refractivity contribution in [1.82, 2.24) is 9.88 Å².